The second-order valence-corrected chi connectivity index (χ2v) is 11.7. The third kappa shape index (κ3) is 5.33. The molecule has 41 heavy (non-hydrogen) atoms. The van der Waals surface area contributed by atoms with E-state index in [0.29, 0.717) is 24.5 Å². The van der Waals surface area contributed by atoms with Crippen molar-refractivity contribution in [2.45, 2.75) is 24.8 Å². The van der Waals surface area contributed by atoms with Crippen LogP contribution in [0.25, 0.3) is 22.2 Å². The first-order chi connectivity index (χ1) is 19.7. The molecular weight excluding hydrogens is 542 g/mol. The third-order valence-corrected chi connectivity index (χ3v) is 8.18. The molecule has 0 aliphatic carbocycles. The summed E-state index contributed by atoms with van der Waals surface area (Å²) in [6.07, 6.45) is 2.31. The third-order valence-electron chi connectivity index (χ3n) is 6.90. The molecule has 1 N–H and O–H groups in total. The summed E-state index contributed by atoms with van der Waals surface area (Å²) in [4.78, 5) is 28.0. The van der Waals surface area contributed by atoms with Crippen LogP contribution < -0.4 is 9.46 Å². The van der Waals surface area contributed by atoms with Gasteiger partial charge in [-0.25, -0.2) is 23.1 Å². The number of likely N-dealkylation sites (tertiary alicyclic amines) is 1. The van der Waals surface area contributed by atoms with E-state index >= 15 is 0 Å². The Hall–Kier alpha value is -4.84. The van der Waals surface area contributed by atoms with Gasteiger partial charge in [0.25, 0.3) is 15.9 Å². The molecule has 1 aliphatic rings. The topological polar surface area (TPSA) is 132 Å². The number of hydrogen-bond acceptors (Lipinski definition) is 8. The van der Waals surface area contributed by atoms with E-state index in [2.05, 4.69) is 24.8 Å². The van der Waals surface area contributed by atoms with Crippen LogP contribution in [0.15, 0.2) is 78.0 Å². The van der Waals surface area contributed by atoms with Gasteiger partial charge in [-0.05, 0) is 37.1 Å². The number of aromatic nitrogens is 5. The van der Waals surface area contributed by atoms with E-state index in [1.807, 2.05) is 62.4 Å². The van der Waals surface area contributed by atoms with Crippen LogP contribution in [0.3, 0.4) is 0 Å². The molecule has 5 aromatic rings. The maximum absolute atomic E-state index is 13.0. The van der Waals surface area contributed by atoms with Gasteiger partial charge in [-0.3, -0.25) is 9.48 Å². The number of para-hydroxylation sites is 1. The van der Waals surface area contributed by atoms with Gasteiger partial charge in [-0.1, -0.05) is 42.5 Å². The van der Waals surface area contributed by atoms with Gasteiger partial charge < -0.3 is 9.64 Å². The Bertz CT molecular complexity index is 1880. The summed E-state index contributed by atoms with van der Waals surface area (Å²) in [5, 5.41) is 4.91. The molecule has 0 radical (unpaired) electrons. The minimum Gasteiger partial charge on any atom is -0.470 e. The lowest BCUT2D eigenvalue weighted by molar-refractivity contribution is 0.0156. The lowest BCUT2D eigenvalue weighted by Gasteiger charge is -2.38. The van der Waals surface area contributed by atoms with Gasteiger partial charge in [0.15, 0.2) is 0 Å². The fraction of sp³-hybridized carbons (Fsp3) is 0.207. The van der Waals surface area contributed by atoms with Gasteiger partial charge in [-0.15, -0.1) is 0 Å². The molecule has 3 aromatic heterocycles. The van der Waals surface area contributed by atoms with Gasteiger partial charge in [-0.2, -0.15) is 10.1 Å². The number of carbonyl (C=O) groups excluding carboxylic acids is 1. The molecule has 4 heterocycles. The second-order valence-electron chi connectivity index (χ2n) is 9.98. The summed E-state index contributed by atoms with van der Waals surface area (Å²) in [5.74, 6) is -0.112. The Balaban J connectivity index is 1.24. The molecule has 12 heteroatoms. The number of anilines is 1. The first-order valence-electron chi connectivity index (χ1n) is 13.0. The number of benzene rings is 2. The minimum absolute atomic E-state index is 0.0148. The average Bonchev–Trinajstić information content (AvgIpc) is 3.37. The van der Waals surface area contributed by atoms with Crippen molar-refractivity contribution in [1.82, 2.24) is 29.6 Å². The Morgan fingerprint density at radius 2 is 1.73 bits per heavy atom. The Morgan fingerprint density at radius 1 is 0.976 bits per heavy atom. The number of pyridine rings is 1. The molecule has 1 aliphatic heterocycles. The molecule has 0 atom stereocenters. The maximum atomic E-state index is 13.0. The first kappa shape index (κ1) is 26.4. The highest BCUT2D eigenvalue weighted by Crippen LogP contribution is 2.30. The Kier molecular flexibility index (Phi) is 6.62. The van der Waals surface area contributed by atoms with E-state index in [-0.39, 0.29) is 28.7 Å². The molecular formula is C29H27N7O4S. The van der Waals surface area contributed by atoms with Gasteiger partial charge in [0.2, 0.25) is 11.8 Å². The summed E-state index contributed by atoms with van der Waals surface area (Å²) in [6.45, 7) is 4.60. The largest absolute Gasteiger partial charge is 0.470 e. The summed E-state index contributed by atoms with van der Waals surface area (Å²) < 4.78 is 36.0. The molecule has 208 valence electrons. The normalized spacial score (nSPS) is 13.7. The van der Waals surface area contributed by atoms with Gasteiger partial charge in [0.05, 0.1) is 30.5 Å². The predicted octanol–water partition coefficient (Wildman–Crippen LogP) is 3.75. The van der Waals surface area contributed by atoms with E-state index in [4.69, 9.17) is 4.74 Å². The van der Waals surface area contributed by atoms with Crippen molar-refractivity contribution in [2.75, 3.05) is 17.8 Å². The molecule has 0 saturated carbocycles. The number of nitrogens with one attached hydrogen (secondary N) is 1. The number of carbonyl (C=O) groups is 1. The van der Waals surface area contributed by atoms with E-state index in [1.165, 1.54) is 17.1 Å². The average molecular weight is 570 g/mol. The number of aryl methyl sites for hydroxylation is 3. The molecule has 1 saturated heterocycles. The number of hydrogen-bond donors (Lipinski definition) is 1. The van der Waals surface area contributed by atoms with Crippen molar-refractivity contribution in [3.8, 4) is 17.1 Å². The summed E-state index contributed by atoms with van der Waals surface area (Å²) in [5.41, 5.74) is 4.44. The molecule has 0 spiro atoms. The van der Waals surface area contributed by atoms with Gasteiger partial charge in [0.1, 0.15) is 16.7 Å². The molecule has 6 rings (SSSR count). The summed E-state index contributed by atoms with van der Waals surface area (Å²) in [6, 6.07) is 18.8. The summed E-state index contributed by atoms with van der Waals surface area (Å²) in [7, 11) is -2.36. The number of ether oxygens (including phenoxy) is 1. The molecule has 0 unspecified atom stereocenters. The van der Waals surface area contributed by atoms with Crippen molar-refractivity contribution < 1.29 is 17.9 Å². The van der Waals surface area contributed by atoms with Crippen LogP contribution >= 0.6 is 0 Å². The zero-order valence-electron chi connectivity index (χ0n) is 22.6. The smallest absolute Gasteiger partial charge is 0.272 e. The van der Waals surface area contributed by atoms with Crippen LogP contribution in [0.2, 0.25) is 0 Å². The molecule has 11 nitrogen and oxygen atoms in total. The predicted molar refractivity (Wildman–Crippen MR) is 153 cm³/mol. The van der Waals surface area contributed by atoms with Crippen LogP contribution in [0.1, 0.15) is 21.6 Å². The maximum Gasteiger partial charge on any atom is 0.272 e. The quantitative estimate of drug-likeness (QED) is 0.314. The first-order valence-corrected chi connectivity index (χ1v) is 14.4. The van der Waals surface area contributed by atoms with Crippen LogP contribution in [0, 0.1) is 13.8 Å². The number of sulfonamides is 1. The molecule has 0 bridgehead atoms. The van der Waals surface area contributed by atoms with Crippen LogP contribution in [0.5, 0.6) is 5.88 Å². The van der Waals surface area contributed by atoms with E-state index in [0.717, 1.165) is 27.6 Å². The highest BCUT2D eigenvalue weighted by atomic mass is 32.2. The SMILES string of the molecule is Cc1cccc(C)c1-c1cc(OC2CN(C(=O)c3ccc4ccccc4n3)C2)nc(NS(=O)(=O)c2cnn(C)c2)n1. The second kappa shape index (κ2) is 10.3. The van der Waals surface area contributed by atoms with Crippen molar-refractivity contribution in [1.29, 1.82) is 0 Å². The van der Waals surface area contributed by atoms with Crippen LogP contribution in [-0.4, -0.2) is 63.2 Å². The van der Waals surface area contributed by atoms with Gasteiger partial charge in [0, 0.05) is 30.3 Å². The number of rotatable bonds is 7. The fourth-order valence-corrected chi connectivity index (χ4v) is 5.72. The van der Waals surface area contributed by atoms with E-state index in [9.17, 15) is 13.2 Å². The van der Waals surface area contributed by atoms with Crippen molar-refractivity contribution in [3.63, 3.8) is 0 Å². The summed E-state index contributed by atoms with van der Waals surface area (Å²) >= 11 is 0. The molecule has 2 aromatic carbocycles. The Labute approximate surface area is 236 Å². The van der Waals surface area contributed by atoms with Gasteiger partial charge >= 0.3 is 0 Å². The highest BCUT2D eigenvalue weighted by molar-refractivity contribution is 7.92. The highest BCUT2D eigenvalue weighted by Gasteiger charge is 2.34. The lowest BCUT2D eigenvalue weighted by atomic mass is 10.00. The van der Waals surface area contributed by atoms with E-state index in [1.54, 1.807) is 24.1 Å². The number of fused-ring (bicyclic) bond motifs is 1. The fourth-order valence-electron chi connectivity index (χ4n) is 4.79. The van der Waals surface area contributed by atoms with Crippen molar-refractivity contribution in [3.05, 3.63) is 89.9 Å². The Morgan fingerprint density at radius 3 is 2.46 bits per heavy atom. The lowest BCUT2D eigenvalue weighted by Crippen LogP contribution is -2.56. The monoisotopic (exact) mass is 569 g/mol. The zero-order chi connectivity index (χ0) is 28.7. The van der Waals surface area contributed by atoms with Crippen molar-refractivity contribution >= 4 is 32.8 Å². The standard InChI is InChI=1S/C29H27N7O4S/c1-18-7-6-8-19(2)27(18)25-13-26(33-29(32-25)34-41(38,39)22-14-30-35(3)17-22)40-21-15-36(16-21)28(37)24-12-11-20-9-4-5-10-23(20)31-24/h4-14,17,21H,15-16H2,1-3H3,(H,32,33,34). The van der Waals surface area contributed by atoms with Crippen LogP contribution in [-0.2, 0) is 17.1 Å². The minimum atomic E-state index is -3.99. The van der Waals surface area contributed by atoms with E-state index < -0.39 is 10.0 Å². The van der Waals surface area contributed by atoms with Crippen LogP contribution in [0.4, 0.5) is 5.95 Å². The molecule has 1 fully saturated rings. The zero-order valence-corrected chi connectivity index (χ0v) is 23.5. The van der Waals surface area contributed by atoms with Crippen molar-refractivity contribution in [2.24, 2.45) is 7.05 Å². The molecule has 1 amide bonds. The number of nitrogens with zero attached hydrogens (tertiary/aromatic N) is 6. The number of amides is 1.